The molecule has 3 heteroatoms. The summed E-state index contributed by atoms with van der Waals surface area (Å²) in [7, 11) is 0. The molecule has 0 aliphatic heterocycles. The highest BCUT2D eigenvalue weighted by molar-refractivity contribution is 5.35. The molecule has 0 amide bonds. The van der Waals surface area contributed by atoms with Crippen molar-refractivity contribution >= 4 is 5.82 Å². The first-order chi connectivity index (χ1) is 6.34. The van der Waals surface area contributed by atoms with Crippen LogP contribution in [-0.4, -0.2) is 16.2 Å². The SMILES string of the molecule is Cc1cc(NC2CCCCC2)[nH]n1. The molecule has 1 aliphatic rings. The van der Waals surface area contributed by atoms with Crippen LogP contribution in [0.4, 0.5) is 5.82 Å². The molecule has 0 atom stereocenters. The van der Waals surface area contributed by atoms with Gasteiger partial charge in [-0.2, -0.15) is 5.10 Å². The number of anilines is 1. The molecule has 13 heavy (non-hydrogen) atoms. The lowest BCUT2D eigenvalue weighted by Gasteiger charge is -2.22. The average molecular weight is 179 g/mol. The largest absolute Gasteiger partial charge is 0.368 e. The van der Waals surface area contributed by atoms with Crippen LogP contribution in [0.5, 0.6) is 0 Å². The number of aromatic amines is 1. The zero-order valence-electron chi connectivity index (χ0n) is 8.14. The third-order valence-electron chi connectivity index (χ3n) is 2.67. The molecule has 0 unspecified atom stereocenters. The number of H-pyrrole nitrogens is 1. The Balaban J connectivity index is 1.89. The Morgan fingerprint density at radius 1 is 1.38 bits per heavy atom. The van der Waals surface area contributed by atoms with E-state index < -0.39 is 0 Å². The van der Waals surface area contributed by atoms with Crippen LogP contribution in [0.25, 0.3) is 0 Å². The number of hydrogen-bond donors (Lipinski definition) is 2. The summed E-state index contributed by atoms with van der Waals surface area (Å²) in [6.45, 7) is 2.00. The van der Waals surface area contributed by atoms with Crippen molar-refractivity contribution in [2.24, 2.45) is 0 Å². The van der Waals surface area contributed by atoms with Crippen molar-refractivity contribution in [1.82, 2.24) is 10.2 Å². The molecule has 72 valence electrons. The van der Waals surface area contributed by atoms with Crippen LogP contribution in [-0.2, 0) is 0 Å². The zero-order valence-corrected chi connectivity index (χ0v) is 8.14. The second-order valence-electron chi connectivity index (χ2n) is 3.90. The van der Waals surface area contributed by atoms with Crippen molar-refractivity contribution in [3.8, 4) is 0 Å². The Bertz CT molecular complexity index is 261. The molecule has 1 saturated carbocycles. The predicted molar refractivity (Wildman–Crippen MR) is 53.8 cm³/mol. The molecule has 0 bridgehead atoms. The minimum atomic E-state index is 0.661. The summed E-state index contributed by atoms with van der Waals surface area (Å²) in [6, 6.07) is 2.72. The first kappa shape index (κ1) is 8.60. The standard InChI is InChI=1S/C10H17N3/c1-8-7-10(13-12-8)11-9-5-3-2-4-6-9/h7,9H,2-6H2,1H3,(H2,11,12,13). The lowest BCUT2D eigenvalue weighted by atomic mass is 9.95. The van der Waals surface area contributed by atoms with Crippen LogP contribution in [0, 0.1) is 6.92 Å². The van der Waals surface area contributed by atoms with E-state index in [4.69, 9.17) is 0 Å². The first-order valence-electron chi connectivity index (χ1n) is 5.13. The van der Waals surface area contributed by atoms with E-state index >= 15 is 0 Å². The van der Waals surface area contributed by atoms with Crippen LogP contribution < -0.4 is 5.32 Å². The van der Waals surface area contributed by atoms with Gasteiger partial charge >= 0.3 is 0 Å². The van der Waals surface area contributed by atoms with Crippen LogP contribution in [0.3, 0.4) is 0 Å². The number of hydrogen-bond acceptors (Lipinski definition) is 2. The van der Waals surface area contributed by atoms with Gasteiger partial charge < -0.3 is 5.32 Å². The van der Waals surface area contributed by atoms with Gasteiger partial charge in [-0.15, -0.1) is 0 Å². The predicted octanol–water partition coefficient (Wildman–Crippen LogP) is 2.46. The number of nitrogens with one attached hydrogen (secondary N) is 2. The topological polar surface area (TPSA) is 40.7 Å². The fourth-order valence-electron chi connectivity index (χ4n) is 1.96. The number of nitrogens with zero attached hydrogens (tertiary/aromatic N) is 1. The van der Waals surface area contributed by atoms with E-state index in [-0.39, 0.29) is 0 Å². The molecule has 0 aromatic carbocycles. The summed E-state index contributed by atoms with van der Waals surface area (Å²) in [5, 5.41) is 10.6. The van der Waals surface area contributed by atoms with Crippen LogP contribution in [0.15, 0.2) is 6.07 Å². The van der Waals surface area contributed by atoms with E-state index in [9.17, 15) is 0 Å². The Morgan fingerprint density at radius 2 is 2.15 bits per heavy atom. The normalized spacial score (nSPS) is 18.8. The number of aryl methyl sites for hydroxylation is 1. The highest BCUT2D eigenvalue weighted by atomic mass is 15.2. The van der Waals surface area contributed by atoms with E-state index in [0.717, 1.165) is 11.5 Å². The molecule has 1 aliphatic carbocycles. The third kappa shape index (κ3) is 2.23. The monoisotopic (exact) mass is 179 g/mol. The minimum Gasteiger partial charge on any atom is -0.368 e. The molecule has 1 fully saturated rings. The highest BCUT2D eigenvalue weighted by Gasteiger charge is 2.13. The van der Waals surface area contributed by atoms with Gasteiger partial charge in [0.1, 0.15) is 5.82 Å². The van der Waals surface area contributed by atoms with E-state index in [1.165, 1.54) is 32.1 Å². The molecule has 0 saturated heterocycles. The molecule has 3 nitrogen and oxygen atoms in total. The molecule has 1 heterocycles. The molecular weight excluding hydrogens is 162 g/mol. The highest BCUT2D eigenvalue weighted by Crippen LogP contribution is 2.20. The Hall–Kier alpha value is -0.990. The van der Waals surface area contributed by atoms with Crippen LogP contribution in [0.2, 0.25) is 0 Å². The van der Waals surface area contributed by atoms with Gasteiger partial charge in [0.15, 0.2) is 0 Å². The maximum Gasteiger partial charge on any atom is 0.121 e. The zero-order chi connectivity index (χ0) is 9.10. The molecule has 0 spiro atoms. The molecule has 1 aromatic rings. The van der Waals surface area contributed by atoms with E-state index in [1.807, 2.05) is 6.92 Å². The van der Waals surface area contributed by atoms with Gasteiger partial charge in [-0.1, -0.05) is 19.3 Å². The number of rotatable bonds is 2. The molecule has 2 rings (SSSR count). The van der Waals surface area contributed by atoms with Crippen molar-refractivity contribution < 1.29 is 0 Å². The summed E-state index contributed by atoms with van der Waals surface area (Å²) in [5.74, 6) is 1.07. The van der Waals surface area contributed by atoms with E-state index in [0.29, 0.717) is 6.04 Å². The van der Waals surface area contributed by atoms with Gasteiger partial charge in [-0.25, -0.2) is 0 Å². The van der Waals surface area contributed by atoms with Crippen LogP contribution in [0.1, 0.15) is 37.8 Å². The van der Waals surface area contributed by atoms with Gasteiger partial charge in [0.25, 0.3) is 0 Å². The first-order valence-corrected chi connectivity index (χ1v) is 5.13. The maximum atomic E-state index is 4.09. The van der Waals surface area contributed by atoms with Gasteiger partial charge in [0.05, 0.1) is 5.69 Å². The van der Waals surface area contributed by atoms with Gasteiger partial charge in [-0.3, -0.25) is 5.10 Å². The minimum absolute atomic E-state index is 0.661. The quantitative estimate of drug-likeness (QED) is 0.732. The van der Waals surface area contributed by atoms with Crippen LogP contribution >= 0.6 is 0 Å². The summed E-state index contributed by atoms with van der Waals surface area (Å²) >= 11 is 0. The third-order valence-corrected chi connectivity index (χ3v) is 2.67. The lowest BCUT2D eigenvalue weighted by Crippen LogP contribution is -2.22. The van der Waals surface area contributed by atoms with Crippen molar-refractivity contribution in [3.05, 3.63) is 11.8 Å². The summed E-state index contributed by atoms with van der Waals surface area (Å²) in [4.78, 5) is 0. The van der Waals surface area contributed by atoms with Crippen molar-refractivity contribution in [2.75, 3.05) is 5.32 Å². The van der Waals surface area contributed by atoms with Gasteiger partial charge in [0.2, 0.25) is 0 Å². The Labute approximate surface area is 78.9 Å². The van der Waals surface area contributed by atoms with E-state index in [1.54, 1.807) is 0 Å². The maximum absolute atomic E-state index is 4.09. The Morgan fingerprint density at radius 3 is 2.77 bits per heavy atom. The molecule has 1 aromatic heterocycles. The molecule has 2 N–H and O–H groups in total. The smallest absolute Gasteiger partial charge is 0.121 e. The lowest BCUT2D eigenvalue weighted by molar-refractivity contribution is 0.462. The second-order valence-corrected chi connectivity index (χ2v) is 3.90. The number of aromatic nitrogens is 2. The van der Waals surface area contributed by atoms with Crippen molar-refractivity contribution in [1.29, 1.82) is 0 Å². The summed E-state index contributed by atoms with van der Waals surface area (Å²) in [5.41, 5.74) is 1.05. The molecule has 0 radical (unpaired) electrons. The second kappa shape index (κ2) is 3.81. The fraction of sp³-hybridized carbons (Fsp3) is 0.700. The summed E-state index contributed by atoms with van der Waals surface area (Å²) < 4.78 is 0. The van der Waals surface area contributed by atoms with E-state index in [2.05, 4.69) is 21.6 Å². The van der Waals surface area contributed by atoms with Gasteiger partial charge in [-0.05, 0) is 19.8 Å². The van der Waals surface area contributed by atoms with Crippen molar-refractivity contribution in [3.63, 3.8) is 0 Å². The van der Waals surface area contributed by atoms with Gasteiger partial charge in [0, 0.05) is 12.1 Å². The Kier molecular flexibility index (Phi) is 2.52. The summed E-state index contributed by atoms with van der Waals surface area (Å²) in [6.07, 6.45) is 6.74. The van der Waals surface area contributed by atoms with Crippen molar-refractivity contribution in [2.45, 2.75) is 45.1 Å². The average Bonchev–Trinajstić information content (AvgIpc) is 2.53. The fourth-order valence-corrected chi connectivity index (χ4v) is 1.96. The molecular formula is C10H17N3.